The summed E-state index contributed by atoms with van der Waals surface area (Å²) < 4.78 is 5.46. The molecule has 0 fully saturated rings. The Morgan fingerprint density at radius 3 is 2.58 bits per heavy atom. The number of benzene rings is 2. The Bertz CT molecular complexity index is 610. The standard InChI is InChI=1S/C14H11ClO4/c15-11-3-1-2-4-13(11)19-8-10-6-5-9(14(17)18)7-12(10)16/h1-7,16H,8H2,(H,17,18). The van der Waals surface area contributed by atoms with Crippen LogP contribution >= 0.6 is 11.6 Å². The molecule has 2 rings (SSSR count). The first-order valence-electron chi connectivity index (χ1n) is 5.50. The number of hydrogen-bond donors (Lipinski definition) is 2. The van der Waals surface area contributed by atoms with Crippen LogP contribution in [0.3, 0.4) is 0 Å². The fourth-order valence-electron chi connectivity index (χ4n) is 1.54. The molecule has 0 saturated heterocycles. The third-order valence-corrected chi connectivity index (χ3v) is 2.86. The highest BCUT2D eigenvalue weighted by Crippen LogP contribution is 2.26. The lowest BCUT2D eigenvalue weighted by Crippen LogP contribution is -2.00. The third-order valence-electron chi connectivity index (χ3n) is 2.55. The fourth-order valence-corrected chi connectivity index (χ4v) is 1.73. The molecule has 0 aliphatic rings. The van der Waals surface area contributed by atoms with Crippen molar-refractivity contribution in [3.63, 3.8) is 0 Å². The molecule has 0 aliphatic carbocycles. The quantitative estimate of drug-likeness (QED) is 0.900. The van der Waals surface area contributed by atoms with Crippen molar-refractivity contribution >= 4 is 17.6 Å². The van der Waals surface area contributed by atoms with Crippen LogP contribution in [0.4, 0.5) is 0 Å². The van der Waals surface area contributed by atoms with Crippen molar-refractivity contribution < 1.29 is 19.7 Å². The van der Waals surface area contributed by atoms with Crippen LogP contribution in [0.15, 0.2) is 42.5 Å². The van der Waals surface area contributed by atoms with Crippen LogP contribution in [0, 0.1) is 0 Å². The van der Waals surface area contributed by atoms with Crippen LogP contribution in [0.5, 0.6) is 11.5 Å². The van der Waals surface area contributed by atoms with Crippen molar-refractivity contribution in [3.05, 3.63) is 58.6 Å². The minimum absolute atomic E-state index is 0.0268. The molecule has 0 unspecified atom stereocenters. The lowest BCUT2D eigenvalue weighted by Gasteiger charge is -2.09. The van der Waals surface area contributed by atoms with Gasteiger partial charge in [0.05, 0.1) is 10.6 Å². The normalized spacial score (nSPS) is 10.2. The maximum absolute atomic E-state index is 10.7. The summed E-state index contributed by atoms with van der Waals surface area (Å²) in [5.41, 5.74) is 0.518. The average molecular weight is 279 g/mol. The molecule has 98 valence electrons. The van der Waals surface area contributed by atoms with Gasteiger partial charge in [0.25, 0.3) is 0 Å². The summed E-state index contributed by atoms with van der Waals surface area (Å²) in [4.78, 5) is 10.7. The van der Waals surface area contributed by atoms with Gasteiger partial charge in [0.1, 0.15) is 18.1 Å². The monoisotopic (exact) mass is 278 g/mol. The summed E-state index contributed by atoms with van der Waals surface area (Å²) >= 11 is 5.93. The summed E-state index contributed by atoms with van der Waals surface area (Å²) in [5.74, 6) is -0.702. The number of carboxylic acid groups (broad SMARTS) is 1. The summed E-state index contributed by atoms with van der Waals surface area (Å²) in [6, 6.07) is 11.1. The van der Waals surface area contributed by atoms with Crippen molar-refractivity contribution in [2.24, 2.45) is 0 Å². The van der Waals surface area contributed by atoms with Crippen LogP contribution in [0.25, 0.3) is 0 Å². The molecular weight excluding hydrogens is 268 g/mol. The Balaban J connectivity index is 2.12. The number of halogens is 1. The van der Waals surface area contributed by atoms with Crippen LogP contribution in [0.1, 0.15) is 15.9 Å². The van der Waals surface area contributed by atoms with Crippen molar-refractivity contribution in [3.8, 4) is 11.5 Å². The van der Waals surface area contributed by atoms with E-state index in [4.69, 9.17) is 21.4 Å². The van der Waals surface area contributed by atoms with Gasteiger partial charge in [0, 0.05) is 5.56 Å². The zero-order valence-corrected chi connectivity index (χ0v) is 10.6. The van der Waals surface area contributed by atoms with Crippen molar-refractivity contribution in [2.45, 2.75) is 6.61 Å². The van der Waals surface area contributed by atoms with E-state index in [0.717, 1.165) is 0 Å². The predicted molar refractivity (Wildman–Crippen MR) is 70.9 cm³/mol. The van der Waals surface area contributed by atoms with E-state index in [1.165, 1.54) is 18.2 Å². The molecule has 0 aliphatic heterocycles. The van der Waals surface area contributed by atoms with Crippen LogP contribution < -0.4 is 4.74 Å². The number of rotatable bonds is 4. The Kier molecular flexibility index (Phi) is 3.92. The predicted octanol–water partition coefficient (Wildman–Crippen LogP) is 3.32. The topological polar surface area (TPSA) is 66.8 Å². The van der Waals surface area contributed by atoms with Gasteiger partial charge in [-0.3, -0.25) is 0 Å². The Morgan fingerprint density at radius 1 is 1.21 bits per heavy atom. The summed E-state index contributed by atoms with van der Waals surface area (Å²) in [6.45, 7) is 0.107. The number of carboxylic acids is 1. The zero-order valence-electron chi connectivity index (χ0n) is 9.84. The molecule has 0 atom stereocenters. The molecule has 4 nitrogen and oxygen atoms in total. The van der Waals surface area contributed by atoms with E-state index in [1.807, 2.05) is 0 Å². The second-order valence-corrected chi connectivity index (χ2v) is 4.27. The minimum atomic E-state index is -1.09. The van der Waals surface area contributed by atoms with Crippen molar-refractivity contribution in [1.29, 1.82) is 0 Å². The summed E-state index contributed by atoms with van der Waals surface area (Å²) in [5, 5.41) is 19.0. The van der Waals surface area contributed by atoms with Gasteiger partial charge in [-0.1, -0.05) is 29.8 Å². The number of phenols is 1. The van der Waals surface area contributed by atoms with Crippen LogP contribution in [-0.4, -0.2) is 16.2 Å². The first kappa shape index (κ1) is 13.2. The Hall–Kier alpha value is -2.20. The molecule has 2 aromatic carbocycles. The smallest absolute Gasteiger partial charge is 0.335 e. The van der Waals surface area contributed by atoms with E-state index in [0.29, 0.717) is 16.3 Å². The maximum atomic E-state index is 10.7. The second kappa shape index (κ2) is 5.63. The molecule has 0 bridgehead atoms. The zero-order chi connectivity index (χ0) is 13.8. The van der Waals surface area contributed by atoms with Gasteiger partial charge >= 0.3 is 5.97 Å². The molecule has 5 heteroatoms. The number of aromatic hydroxyl groups is 1. The average Bonchev–Trinajstić information content (AvgIpc) is 2.39. The van der Waals surface area contributed by atoms with Gasteiger partial charge in [0.2, 0.25) is 0 Å². The van der Waals surface area contributed by atoms with Crippen molar-refractivity contribution in [1.82, 2.24) is 0 Å². The van der Waals surface area contributed by atoms with Crippen LogP contribution in [-0.2, 0) is 6.61 Å². The van der Waals surface area contributed by atoms with Gasteiger partial charge in [-0.05, 0) is 24.3 Å². The third kappa shape index (κ3) is 3.17. The summed E-state index contributed by atoms with van der Waals surface area (Å²) in [7, 11) is 0. The molecule has 0 radical (unpaired) electrons. The number of ether oxygens (including phenoxy) is 1. The Morgan fingerprint density at radius 2 is 1.95 bits per heavy atom. The van der Waals surface area contributed by atoms with E-state index in [1.54, 1.807) is 24.3 Å². The van der Waals surface area contributed by atoms with E-state index in [9.17, 15) is 9.90 Å². The second-order valence-electron chi connectivity index (χ2n) is 3.87. The van der Waals surface area contributed by atoms with E-state index >= 15 is 0 Å². The molecule has 19 heavy (non-hydrogen) atoms. The Labute approximate surface area is 114 Å². The van der Waals surface area contributed by atoms with Gasteiger partial charge in [0.15, 0.2) is 0 Å². The number of phenolic OH excluding ortho intramolecular Hbond substituents is 1. The van der Waals surface area contributed by atoms with Gasteiger partial charge in [-0.15, -0.1) is 0 Å². The molecule has 2 aromatic rings. The molecule has 2 N–H and O–H groups in total. The largest absolute Gasteiger partial charge is 0.508 e. The number of para-hydroxylation sites is 1. The molecule has 0 aromatic heterocycles. The molecule has 0 amide bonds. The molecule has 0 saturated carbocycles. The van der Waals surface area contributed by atoms with E-state index in [2.05, 4.69) is 0 Å². The SMILES string of the molecule is O=C(O)c1ccc(COc2ccccc2Cl)c(O)c1. The number of aromatic carboxylic acids is 1. The first-order chi connectivity index (χ1) is 9.08. The molecular formula is C14H11ClO4. The first-order valence-corrected chi connectivity index (χ1v) is 5.88. The molecule has 0 spiro atoms. The summed E-state index contributed by atoms with van der Waals surface area (Å²) in [6.07, 6.45) is 0. The highest BCUT2D eigenvalue weighted by Gasteiger charge is 2.08. The van der Waals surface area contributed by atoms with E-state index in [-0.39, 0.29) is 17.9 Å². The van der Waals surface area contributed by atoms with Gasteiger partial charge < -0.3 is 14.9 Å². The van der Waals surface area contributed by atoms with Crippen LogP contribution in [0.2, 0.25) is 5.02 Å². The number of carbonyl (C=O) groups is 1. The highest BCUT2D eigenvalue weighted by molar-refractivity contribution is 6.32. The highest BCUT2D eigenvalue weighted by atomic mass is 35.5. The maximum Gasteiger partial charge on any atom is 0.335 e. The lowest BCUT2D eigenvalue weighted by molar-refractivity contribution is 0.0696. The fraction of sp³-hybridized carbons (Fsp3) is 0.0714. The van der Waals surface area contributed by atoms with E-state index < -0.39 is 5.97 Å². The minimum Gasteiger partial charge on any atom is -0.508 e. The van der Waals surface area contributed by atoms with Gasteiger partial charge in [-0.25, -0.2) is 4.79 Å². The number of hydrogen-bond acceptors (Lipinski definition) is 3. The molecule has 0 heterocycles. The van der Waals surface area contributed by atoms with Gasteiger partial charge in [-0.2, -0.15) is 0 Å². The van der Waals surface area contributed by atoms with Crippen molar-refractivity contribution in [2.75, 3.05) is 0 Å². The lowest BCUT2D eigenvalue weighted by atomic mass is 10.1.